The van der Waals surface area contributed by atoms with Gasteiger partial charge in [0.25, 0.3) is 5.56 Å². The third-order valence-electron chi connectivity index (χ3n) is 5.22. The van der Waals surface area contributed by atoms with Gasteiger partial charge < -0.3 is 4.90 Å². The number of fused-ring (bicyclic) bond motifs is 1. The number of hydrogen-bond acceptors (Lipinski definition) is 4. The Hall–Kier alpha value is -1.95. The largest absolute Gasteiger partial charge is 0.312 e. The third kappa shape index (κ3) is 3.03. The van der Waals surface area contributed by atoms with Crippen LogP contribution in [-0.2, 0) is 11.3 Å². The standard InChI is InChI=1S/C19H23N3O2S/c1-12-13(2)25-18-17(12)19(24)21(11-20-18)10-16(23)22(15-8-9-15)14-6-4-3-5-7-14/h6,11,15H,3-5,7-10H2,1-2H3. The van der Waals surface area contributed by atoms with Gasteiger partial charge in [-0.05, 0) is 57.9 Å². The van der Waals surface area contributed by atoms with Gasteiger partial charge in [0.1, 0.15) is 11.4 Å². The van der Waals surface area contributed by atoms with Crippen LogP contribution >= 0.6 is 11.3 Å². The Bertz CT molecular complexity index is 921. The molecule has 1 amide bonds. The summed E-state index contributed by atoms with van der Waals surface area (Å²) in [5.41, 5.74) is 2.03. The number of aromatic nitrogens is 2. The SMILES string of the molecule is Cc1sc2ncn(CC(=O)N(C3=CCCCC3)C3CC3)c(=O)c2c1C. The van der Waals surface area contributed by atoms with Crippen LogP contribution in [0.4, 0.5) is 0 Å². The molecule has 2 aliphatic carbocycles. The summed E-state index contributed by atoms with van der Waals surface area (Å²) < 4.78 is 1.47. The summed E-state index contributed by atoms with van der Waals surface area (Å²) in [5.74, 6) is 0.0171. The van der Waals surface area contributed by atoms with E-state index in [1.807, 2.05) is 18.7 Å². The van der Waals surface area contributed by atoms with Crippen molar-refractivity contribution in [3.05, 3.63) is 38.9 Å². The molecule has 2 heterocycles. The Morgan fingerprint density at radius 2 is 2.16 bits per heavy atom. The average Bonchev–Trinajstić information content (AvgIpc) is 3.38. The number of rotatable bonds is 4. The Morgan fingerprint density at radius 3 is 2.84 bits per heavy atom. The van der Waals surface area contributed by atoms with Crippen LogP contribution in [0.25, 0.3) is 10.2 Å². The first kappa shape index (κ1) is 16.5. The monoisotopic (exact) mass is 357 g/mol. The van der Waals surface area contributed by atoms with Gasteiger partial charge in [0.05, 0.1) is 11.7 Å². The summed E-state index contributed by atoms with van der Waals surface area (Å²) in [6, 6.07) is 0.328. The zero-order valence-corrected chi connectivity index (χ0v) is 15.6. The highest BCUT2D eigenvalue weighted by Gasteiger charge is 2.35. The molecule has 0 aromatic carbocycles. The van der Waals surface area contributed by atoms with Gasteiger partial charge in [-0.25, -0.2) is 4.98 Å². The molecule has 0 unspecified atom stereocenters. The predicted octanol–water partition coefficient (Wildman–Crippen LogP) is 3.52. The van der Waals surface area contributed by atoms with E-state index in [4.69, 9.17) is 0 Å². The lowest BCUT2D eigenvalue weighted by molar-refractivity contribution is -0.130. The molecule has 1 saturated carbocycles. The maximum Gasteiger partial charge on any atom is 0.262 e. The van der Waals surface area contributed by atoms with E-state index in [1.54, 1.807) is 0 Å². The molecule has 0 radical (unpaired) electrons. The molecule has 1 fully saturated rings. The maximum absolute atomic E-state index is 13.0. The van der Waals surface area contributed by atoms with Crippen molar-refractivity contribution in [2.45, 2.75) is 65.0 Å². The van der Waals surface area contributed by atoms with Gasteiger partial charge in [0, 0.05) is 16.6 Å². The van der Waals surface area contributed by atoms with Gasteiger partial charge in [-0.2, -0.15) is 0 Å². The first-order valence-corrected chi connectivity index (χ1v) is 9.84. The molecule has 5 nitrogen and oxygen atoms in total. The topological polar surface area (TPSA) is 55.2 Å². The minimum absolute atomic E-state index is 0.0171. The fraction of sp³-hybridized carbons (Fsp3) is 0.526. The van der Waals surface area contributed by atoms with Crippen molar-refractivity contribution in [2.75, 3.05) is 0 Å². The van der Waals surface area contributed by atoms with Gasteiger partial charge >= 0.3 is 0 Å². The second kappa shape index (κ2) is 6.41. The van der Waals surface area contributed by atoms with E-state index in [-0.39, 0.29) is 18.0 Å². The number of carbonyl (C=O) groups is 1. The molecule has 2 aliphatic rings. The van der Waals surface area contributed by atoms with Crippen LogP contribution in [0, 0.1) is 13.8 Å². The normalized spacial score (nSPS) is 17.6. The van der Waals surface area contributed by atoms with Crippen molar-refractivity contribution in [1.29, 1.82) is 0 Å². The molecule has 4 rings (SSSR count). The van der Waals surface area contributed by atoms with Gasteiger partial charge in [0.15, 0.2) is 0 Å². The molecule has 25 heavy (non-hydrogen) atoms. The molecule has 6 heteroatoms. The molecule has 2 aromatic rings. The fourth-order valence-corrected chi connectivity index (χ4v) is 4.56. The number of carbonyl (C=O) groups excluding carboxylic acids is 1. The molecule has 0 bridgehead atoms. The van der Waals surface area contributed by atoms with Crippen LogP contribution in [0.3, 0.4) is 0 Å². The third-order valence-corrected chi connectivity index (χ3v) is 6.33. The zero-order chi connectivity index (χ0) is 17.6. The van der Waals surface area contributed by atoms with E-state index < -0.39 is 0 Å². The number of thiophene rings is 1. The number of aryl methyl sites for hydroxylation is 2. The highest BCUT2D eigenvalue weighted by atomic mass is 32.1. The Labute approximate surface area is 151 Å². The van der Waals surface area contributed by atoms with E-state index >= 15 is 0 Å². The molecular formula is C19H23N3O2S. The van der Waals surface area contributed by atoms with Crippen LogP contribution < -0.4 is 5.56 Å². The van der Waals surface area contributed by atoms with Gasteiger partial charge in [-0.3, -0.25) is 14.2 Å². The van der Waals surface area contributed by atoms with Crippen molar-refractivity contribution in [3.8, 4) is 0 Å². The van der Waals surface area contributed by atoms with E-state index in [2.05, 4.69) is 11.1 Å². The van der Waals surface area contributed by atoms with Gasteiger partial charge in [-0.1, -0.05) is 6.08 Å². The molecular weight excluding hydrogens is 334 g/mol. The fourth-order valence-electron chi connectivity index (χ4n) is 3.58. The van der Waals surface area contributed by atoms with E-state index in [9.17, 15) is 9.59 Å². The molecule has 132 valence electrons. The summed E-state index contributed by atoms with van der Waals surface area (Å²) in [5, 5.41) is 0.660. The smallest absolute Gasteiger partial charge is 0.262 e. The average molecular weight is 357 g/mol. The van der Waals surface area contributed by atoms with Crippen LogP contribution in [0.5, 0.6) is 0 Å². The molecule has 0 N–H and O–H groups in total. The first-order chi connectivity index (χ1) is 12.1. The Balaban J connectivity index is 1.64. The number of nitrogens with zero attached hydrogens (tertiary/aromatic N) is 3. The number of allylic oxidation sites excluding steroid dienone is 2. The molecule has 0 spiro atoms. The van der Waals surface area contributed by atoms with Crippen molar-refractivity contribution < 1.29 is 4.79 Å². The predicted molar refractivity (Wildman–Crippen MR) is 99.8 cm³/mol. The second-order valence-electron chi connectivity index (χ2n) is 7.08. The van der Waals surface area contributed by atoms with Gasteiger partial charge in [0.2, 0.25) is 5.91 Å². The molecule has 0 aliphatic heterocycles. The van der Waals surface area contributed by atoms with Crippen LogP contribution in [0.2, 0.25) is 0 Å². The molecule has 0 atom stereocenters. The molecule has 2 aromatic heterocycles. The van der Waals surface area contributed by atoms with Gasteiger partial charge in [-0.15, -0.1) is 11.3 Å². The summed E-state index contributed by atoms with van der Waals surface area (Å²) in [4.78, 5) is 34.0. The van der Waals surface area contributed by atoms with E-state index in [1.165, 1.54) is 28.7 Å². The van der Waals surface area contributed by atoms with Crippen molar-refractivity contribution in [2.24, 2.45) is 0 Å². The van der Waals surface area contributed by atoms with Crippen LogP contribution in [0.15, 0.2) is 22.9 Å². The quantitative estimate of drug-likeness (QED) is 0.841. The second-order valence-corrected chi connectivity index (χ2v) is 8.28. The van der Waals surface area contributed by atoms with Crippen LogP contribution in [0.1, 0.15) is 49.0 Å². The lowest BCUT2D eigenvalue weighted by Crippen LogP contribution is -2.38. The van der Waals surface area contributed by atoms with Crippen LogP contribution in [-0.4, -0.2) is 26.4 Å². The highest BCUT2D eigenvalue weighted by Crippen LogP contribution is 2.34. The minimum Gasteiger partial charge on any atom is -0.312 e. The maximum atomic E-state index is 13.0. The number of amides is 1. The summed E-state index contributed by atoms with van der Waals surface area (Å²) in [7, 11) is 0. The lowest BCUT2D eigenvalue weighted by atomic mass is 10.0. The summed E-state index contributed by atoms with van der Waals surface area (Å²) >= 11 is 1.54. The molecule has 0 saturated heterocycles. The summed E-state index contributed by atoms with van der Waals surface area (Å²) in [6.45, 7) is 4.03. The van der Waals surface area contributed by atoms with Crippen molar-refractivity contribution in [3.63, 3.8) is 0 Å². The summed E-state index contributed by atoms with van der Waals surface area (Å²) in [6.07, 6.45) is 10.2. The highest BCUT2D eigenvalue weighted by molar-refractivity contribution is 7.18. The lowest BCUT2D eigenvalue weighted by Gasteiger charge is -2.28. The first-order valence-electron chi connectivity index (χ1n) is 9.02. The van der Waals surface area contributed by atoms with E-state index in [0.29, 0.717) is 11.4 Å². The Kier molecular flexibility index (Phi) is 4.23. The minimum atomic E-state index is -0.103. The zero-order valence-electron chi connectivity index (χ0n) is 14.7. The van der Waals surface area contributed by atoms with Crippen molar-refractivity contribution in [1.82, 2.24) is 14.5 Å². The number of hydrogen-bond donors (Lipinski definition) is 0. The van der Waals surface area contributed by atoms with E-state index in [0.717, 1.165) is 53.1 Å². The Morgan fingerprint density at radius 1 is 1.36 bits per heavy atom. The van der Waals surface area contributed by atoms with Crippen molar-refractivity contribution >= 4 is 27.5 Å².